The van der Waals surface area contributed by atoms with Gasteiger partial charge in [-0.05, 0) is 19.4 Å². The molecule has 2 aromatic rings. The van der Waals surface area contributed by atoms with Crippen molar-refractivity contribution < 1.29 is 9.53 Å². The molecule has 1 heterocycles. The van der Waals surface area contributed by atoms with Gasteiger partial charge in [-0.1, -0.05) is 31.5 Å². The molecule has 0 saturated heterocycles. The van der Waals surface area contributed by atoms with Crippen LogP contribution in [0.25, 0.3) is 10.9 Å². The summed E-state index contributed by atoms with van der Waals surface area (Å²) >= 11 is 0. The lowest BCUT2D eigenvalue weighted by Gasteiger charge is -2.27. The molecule has 1 N–H and O–H groups in total. The first-order chi connectivity index (χ1) is 9.59. The second kappa shape index (κ2) is 5.86. The average Bonchev–Trinajstić information content (AvgIpc) is 2.46. The van der Waals surface area contributed by atoms with E-state index in [1.165, 1.54) is 7.11 Å². The molecule has 106 valence electrons. The molecule has 0 aliphatic carbocycles. The smallest absolute Gasteiger partial charge is 0.331 e. The molecule has 0 radical (unpaired) electrons. The van der Waals surface area contributed by atoms with Crippen molar-refractivity contribution in [2.24, 2.45) is 0 Å². The van der Waals surface area contributed by atoms with Gasteiger partial charge in [-0.2, -0.15) is 0 Å². The fourth-order valence-electron chi connectivity index (χ4n) is 2.22. The van der Waals surface area contributed by atoms with Crippen LogP contribution in [0, 0.1) is 0 Å². The Morgan fingerprint density at radius 3 is 2.85 bits per heavy atom. The van der Waals surface area contributed by atoms with E-state index in [0.29, 0.717) is 12.4 Å². The van der Waals surface area contributed by atoms with Crippen LogP contribution in [0.4, 0.5) is 5.95 Å². The van der Waals surface area contributed by atoms with Crippen LogP contribution in [-0.2, 0) is 9.53 Å². The van der Waals surface area contributed by atoms with Crippen molar-refractivity contribution >= 4 is 22.8 Å². The standard InChI is InChI=1S/C15H19N3O2/c1-4-9-15(2,13(19)20-3)18-14-16-10-11-7-5-6-8-12(11)17-14/h5-8,10H,4,9H2,1-3H3,(H,16,17,18). The van der Waals surface area contributed by atoms with Crippen molar-refractivity contribution in [3.8, 4) is 0 Å². The number of carbonyl (C=O) groups is 1. The minimum absolute atomic E-state index is 0.309. The maximum atomic E-state index is 12.0. The number of nitrogens with zero attached hydrogens (tertiary/aromatic N) is 2. The van der Waals surface area contributed by atoms with Crippen molar-refractivity contribution in [1.82, 2.24) is 9.97 Å². The number of rotatable bonds is 5. The Kier molecular flexibility index (Phi) is 4.17. The number of methoxy groups -OCH3 is 1. The van der Waals surface area contributed by atoms with Crippen LogP contribution in [-0.4, -0.2) is 28.6 Å². The van der Waals surface area contributed by atoms with E-state index < -0.39 is 5.54 Å². The summed E-state index contributed by atoms with van der Waals surface area (Å²) in [4.78, 5) is 20.6. The van der Waals surface area contributed by atoms with E-state index in [-0.39, 0.29) is 5.97 Å². The number of hydrogen-bond acceptors (Lipinski definition) is 5. The molecular weight excluding hydrogens is 254 g/mol. The van der Waals surface area contributed by atoms with Gasteiger partial charge in [0.1, 0.15) is 5.54 Å². The molecule has 0 fully saturated rings. The third-order valence-corrected chi connectivity index (χ3v) is 3.26. The van der Waals surface area contributed by atoms with Gasteiger partial charge in [0, 0.05) is 11.6 Å². The highest BCUT2D eigenvalue weighted by Crippen LogP contribution is 2.20. The number of fused-ring (bicyclic) bond motifs is 1. The predicted molar refractivity (Wildman–Crippen MR) is 78.5 cm³/mol. The fraction of sp³-hybridized carbons (Fsp3) is 0.400. The zero-order valence-electron chi connectivity index (χ0n) is 12.0. The predicted octanol–water partition coefficient (Wildman–Crippen LogP) is 2.77. The highest BCUT2D eigenvalue weighted by molar-refractivity contribution is 5.84. The number of para-hydroxylation sites is 1. The Morgan fingerprint density at radius 2 is 2.15 bits per heavy atom. The van der Waals surface area contributed by atoms with E-state index in [2.05, 4.69) is 15.3 Å². The zero-order chi connectivity index (χ0) is 14.6. The number of ether oxygens (including phenoxy) is 1. The first-order valence-corrected chi connectivity index (χ1v) is 6.67. The van der Waals surface area contributed by atoms with E-state index in [1.54, 1.807) is 13.1 Å². The number of benzene rings is 1. The molecular formula is C15H19N3O2. The van der Waals surface area contributed by atoms with Gasteiger partial charge in [-0.15, -0.1) is 0 Å². The Balaban J connectivity index is 2.30. The van der Waals surface area contributed by atoms with Gasteiger partial charge in [0.2, 0.25) is 5.95 Å². The van der Waals surface area contributed by atoms with E-state index >= 15 is 0 Å². The summed E-state index contributed by atoms with van der Waals surface area (Å²) in [7, 11) is 1.39. The third kappa shape index (κ3) is 2.87. The first kappa shape index (κ1) is 14.2. The van der Waals surface area contributed by atoms with Crippen LogP contribution in [0.15, 0.2) is 30.5 Å². The second-order valence-corrected chi connectivity index (χ2v) is 4.95. The van der Waals surface area contributed by atoms with Gasteiger partial charge in [0.25, 0.3) is 0 Å². The lowest BCUT2D eigenvalue weighted by atomic mass is 9.96. The molecule has 0 bridgehead atoms. The van der Waals surface area contributed by atoms with Gasteiger partial charge in [-0.25, -0.2) is 14.8 Å². The highest BCUT2D eigenvalue weighted by Gasteiger charge is 2.34. The minimum Gasteiger partial charge on any atom is -0.467 e. The average molecular weight is 273 g/mol. The number of anilines is 1. The fourth-order valence-corrected chi connectivity index (χ4v) is 2.22. The van der Waals surface area contributed by atoms with Crippen molar-refractivity contribution in [2.45, 2.75) is 32.2 Å². The van der Waals surface area contributed by atoms with Crippen molar-refractivity contribution in [1.29, 1.82) is 0 Å². The number of nitrogens with one attached hydrogen (secondary N) is 1. The molecule has 1 aromatic carbocycles. The topological polar surface area (TPSA) is 64.1 Å². The van der Waals surface area contributed by atoms with Gasteiger partial charge in [0.05, 0.1) is 12.6 Å². The lowest BCUT2D eigenvalue weighted by molar-refractivity contribution is -0.145. The second-order valence-electron chi connectivity index (χ2n) is 4.95. The van der Waals surface area contributed by atoms with Crippen LogP contribution in [0.5, 0.6) is 0 Å². The summed E-state index contributed by atoms with van der Waals surface area (Å²) in [5, 5.41) is 4.07. The Hall–Kier alpha value is -2.17. The third-order valence-electron chi connectivity index (χ3n) is 3.26. The molecule has 0 aliphatic heterocycles. The summed E-state index contributed by atoms with van der Waals surface area (Å²) < 4.78 is 4.87. The van der Waals surface area contributed by atoms with Crippen LogP contribution in [0.2, 0.25) is 0 Å². The summed E-state index contributed by atoms with van der Waals surface area (Å²) in [5.74, 6) is 0.126. The van der Waals surface area contributed by atoms with Gasteiger partial charge in [-0.3, -0.25) is 0 Å². The molecule has 0 saturated carbocycles. The molecule has 1 atom stereocenters. The summed E-state index contributed by atoms with van der Waals surface area (Å²) in [5.41, 5.74) is 0.0279. The van der Waals surface area contributed by atoms with Crippen LogP contribution < -0.4 is 5.32 Å². The van der Waals surface area contributed by atoms with E-state index in [4.69, 9.17) is 4.74 Å². The van der Waals surface area contributed by atoms with E-state index in [1.807, 2.05) is 31.2 Å². The Morgan fingerprint density at radius 1 is 1.40 bits per heavy atom. The van der Waals surface area contributed by atoms with E-state index in [9.17, 15) is 4.79 Å². The normalized spacial score (nSPS) is 13.8. The quantitative estimate of drug-likeness (QED) is 0.849. The van der Waals surface area contributed by atoms with Crippen molar-refractivity contribution in [3.63, 3.8) is 0 Å². The monoisotopic (exact) mass is 273 g/mol. The number of aromatic nitrogens is 2. The van der Waals surface area contributed by atoms with Gasteiger partial charge >= 0.3 is 5.97 Å². The molecule has 0 aliphatic rings. The van der Waals surface area contributed by atoms with Crippen LogP contribution in [0.3, 0.4) is 0 Å². The van der Waals surface area contributed by atoms with Gasteiger partial charge < -0.3 is 10.1 Å². The number of esters is 1. The number of carbonyl (C=O) groups excluding carboxylic acids is 1. The molecule has 20 heavy (non-hydrogen) atoms. The molecule has 1 aromatic heterocycles. The Bertz CT molecular complexity index is 615. The summed E-state index contributed by atoms with van der Waals surface area (Å²) in [6.07, 6.45) is 3.25. The van der Waals surface area contributed by atoms with E-state index in [0.717, 1.165) is 17.3 Å². The Labute approximate surface area is 118 Å². The molecule has 5 nitrogen and oxygen atoms in total. The molecule has 0 spiro atoms. The molecule has 0 amide bonds. The molecule has 5 heteroatoms. The highest BCUT2D eigenvalue weighted by atomic mass is 16.5. The largest absolute Gasteiger partial charge is 0.467 e. The molecule has 2 rings (SSSR count). The van der Waals surface area contributed by atoms with Crippen molar-refractivity contribution in [3.05, 3.63) is 30.5 Å². The zero-order valence-corrected chi connectivity index (χ0v) is 12.0. The first-order valence-electron chi connectivity index (χ1n) is 6.67. The van der Waals surface area contributed by atoms with Crippen LogP contribution >= 0.6 is 0 Å². The van der Waals surface area contributed by atoms with Crippen molar-refractivity contribution in [2.75, 3.05) is 12.4 Å². The number of hydrogen-bond donors (Lipinski definition) is 1. The maximum Gasteiger partial charge on any atom is 0.331 e. The molecule has 1 unspecified atom stereocenters. The van der Waals surface area contributed by atoms with Crippen LogP contribution in [0.1, 0.15) is 26.7 Å². The summed E-state index contributed by atoms with van der Waals surface area (Å²) in [6.45, 7) is 3.82. The minimum atomic E-state index is -0.814. The lowest BCUT2D eigenvalue weighted by Crippen LogP contribution is -2.44. The maximum absolute atomic E-state index is 12.0. The SMILES string of the molecule is CCCC(C)(Nc1ncc2ccccc2n1)C(=O)OC. The summed E-state index contributed by atoms with van der Waals surface area (Å²) in [6, 6.07) is 7.72. The van der Waals surface area contributed by atoms with Gasteiger partial charge in [0.15, 0.2) is 0 Å².